The summed E-state index contributed by atoms with van der Waals surface area (Å²) in [5, 5.41) is 0. The third kappa shape index (κ3) is 5.49. The normalized spacial score (nSPS) is 15.8. The van der Waals surface area contributed by atoms with Gasteiger partial charge in [-0.3, -0.25) is 4.79 Å². The van der Waals surface area contributed by atoms with Crippen LogP contribution in [0.3, 0.4) is 0 Å². The van der Waals surface area contributed by atoms with Crippen molar-refractivity contribution in [3.63, 3.8) is 0 Å². The number of Topliss-reactive ketones (excluding diaryl/α,β-unsaturated/α-hetero) is 1. The molecule has 0 spiro atoms. The maximum atomic E-state index is 12.9. The van der Waals surface area contributed by atoms with Crippen LogP contribution in [0.4, 0.5) is 0 Å². The van der Waals surface area contributed by atoms with Crippen molar-refractivity contribution in [2.45, 2.75) is 111 Å². The van der Waals surface area contributed by atoms with Crippen LogP contribution in [-0.2, 0) is 11.2 Å². The molecule has 2 heteroatoms. The number of carbonyl (C=O) groups excluding carboxylic acids is 1. The van der Waals surface area contributed by atoms with Gasteiger partial charge in [-0.15, -0.1) is 0 Å². The average Bonchev–Trinajstić information content (AvgIpc) is 2.71. The lowest BCUT2D eigenvalue weighted by Gasteiger charge is -2.27. The van der Waals surface area contributed by atoms with E-state index in [4.69, 9.17) is 4.74 Å². The lowest BCUT2D eigenvalue weighted by Crippen LogP contribution is -2.17. The third-order valence-electron chi connectivity index (χ3n) is 6.43. The average molecular weight is 385 g/mol. The number of benzene rings is 1. The van der Waals surface area contributed by atoms with Gasteiger partial charge in [-0.25, -0.2) is 0 Å². The van der Waals surface area contributed by atoms with E-state index in [9.17, 15) is 4.79 Å². The van der Waals surface area contributed by atoms with Gasteiger partial charge in [-0.05, 0) is 54.7 Å². The molecule has 0 radical (unpaired) electrons. The molecule has 2 atom stereocenters. The lowest BCUT2D eigenvalue weighted by atomic mass is 9.85. The fourth-order valence-corrected chi connectivity index (χ4v) is 3.97. The Balaban J connectivity index is 2.23. The van der Waals surface area contributed by atoms with E-state index < -0.39 is 0 Å². The van der Waals surface area contributed by atoms with Gasteiger partial charge in [0.2, 0.25) is 0 Å². The Bertz CT molecular complexity index is 699. The number of hydrogen-bond donors (Lipinski definition) is 0. The maximum absolute atomic E-state index is 12.9. The summed E-state index contributed by atoms with van der Waals surface area (Å²) in [4.78, 5) is 12.9. The van der Waals surface area contributed by atoms with Crippen LogP contribution in [0.15, 0.2) is 23.5 Å². The van der Waals surface area contributed by atoms with Crippen LogP contribution in [-0.4, -0.2) is 5.78 Å². The number of unbranched alkanes of at least 4 members (excludes halogenated alkanes) is 4. The summed E-state index contributed by atoms with van der Waals surface area (Å²) in [5.74, 6) is 3.09. The Morgan fingerprint density at radius 2 is 1.68 bits per heavy atom. The topological polar surface area (TPSA) is 26.3 Å². The minimum atomic E-state index is 0.277. The van der Waals surface area contributed by atoms with E-state index in [1.807, 2.05) is 6.92 Å². The second-order valence-corrected chi connectivity index (χ2v) is 8.62. The van der Waals surface area contributed by atoms with Crippen molar-refractivity contribution in [1.29, 1.82) is 0 Å². The first-order valence-corrected chi connectivity index (χ1v) is 11.5. The molecule has 156 valence electrons. The van der Waals surface area contributed by atoms with Gasteiger partial charge >= 0.3 is 0 Å². The molecule has 1 aliphatic heterocycles. The SMILES string of the molecule is CCCCCCCC(=O)C1=C(C)Oc2c(cc(C(C)CC)cc2C(C)CC)C1. The fraction of sp³-hybridized carbons (Fsp3) is 0.654. The Hall–Kier alpha value is -1.57. The Kier molecular flexibility index (Phi) is 8.79. The van der Waals surface area contributed by atoms with Crippen molar-refractivity contribution in [1.82, 2.24) is 0 Å². The summed E-state index contributed by atoms with van der Waals surface area (Å²) in [6, 6.07) is 4.63. The quantitative estimate of drug-likeness (QED) is 0.363. The van der Waals surface area contributed by atoms with Gasteiger partial charge < -0.3 is 4.74 Å². The highest BCUT2D eigenvalue weighted by molar-refractivity contribution is 5.96. The molecule has 0 aliphatic carbocycles. The van der Waals surface area contributed by atoms with Crippen LogP contribution in [0.2, 0.25) is 0 Å². The third-order valence-corrected chi connectivity index (χ3v) is 6.43. The Morgan fingerprint density at radius 3 is 2.32 bits per heavy atom. The second kappa shape index (κ2) is 10.8. The first kappa shape index (κ1) is 22.7. The molecule has 28 heavy (non-hydrogen) atoms. The first-order valence-electron chi connectivity index (χ1n) is 11.5. The molecule has 1 aliphatic rings. The number of ketones is 1. The predicted molar refractivity (Wildman–Crippen MR) is 119 cm³/mol. The summed E-state index contributed by atoms with van der Waals surface area (Å²) in [6.07, 6.45) is 9.47. The molecule has 1 heterocycles. The predicted octanol–water partition coefficient (Wildman–Crippen LogP) is 7.85. The summed E-state index contributed by atoms with van der Waals surface area (Å²) in [5.41, 5.74) is 4.78. The van der Waals surface area contributed by atoms with Crippen LogP contribution in [0.1, 0.15) is 121 Å². The molecule has 0 N–H and O–H groups in total. The van der Waals surface area contributed by atoms with Crippen LogP contribution >= 0.6 is 0 Å². The highest BCUT2D eigenvalue weighted by Gasteiger charge is 2.26. The number of allylic oxidation sites excluding steroid dienone is 2. The minimum absolute atomic E-state index is 0.277. The zero-order valence-corrected chi connectivity index (χ0v) is 19.0. The molecular weight excluding hydrogens is 344 g/mol. The molecule has 0 saturated carbocycles. The van der Waals surface area contributed by atoms with Gasteiger partial charge in [0.05, 0.1) is 0 Å². The number of rotatable bonds is 11. The van der Waals surface area contributed by atoms with Crippen molar-refractivity contribution < 1.29 is 9.53 Å². The molecule has 2 unspecified atom stereocenters. The summed E-state index contributed by atoms with van der Waals surface area (Å²) >= 11 is 0. The molecule has 0 amide bonds. The van der Waals surface area contributed by atoms with Crippen LogP contribution in [0.5, 0.6) is 5.75 Å². The fourth-order valence-electron chi connectivity index (χ4n) is 3.97. The van der Waals surface area contributed by atoms with Gasteiger partial charge in [-0.2, -0.15) is 0 Å². The highest BCUT2D eigenvalue weighted by atomic mass is 16.5. The van der Waals surface area contributed by atoms with Crippen molar-refractivity contribution in [3.05, 3.63) is 40.2 Å². The number of carbonyl (C=O) groups is 1. The van der Waals surface area contributed by atoms with Gasteiger partial charge in [-0.1, -0.05) is 72.4 Å². The molecule has 0 bridgehead atoms. The monoisotopic (exact) mass is 384 g/mol. The van der Waals surface area contributed by atoms with Crippen molar-refractivity contribution in [2.24, 2.45) is 0 Å². The lowest BCUT2D eigenvalue weighted by molar-refractivity contribution is -0.116. The molecule has 0 fully saturated rings. The molecular formula is C26H40O2. The van der Waals surface area contributed by atoms with E-state index in [0.717, 1.165) is 49.2 Å². The molecule has 0 saturated heterocycles. The van der Waals surface area contributed by atoms with Crippen molar-refractivity contribution in [2.75, 3.05) is 0 Å². The van der Waals surface area contributed by atoms with Gasteiger partial charge in [0.25, 0.3) is 0 Å². The van der Waals surface area contributed by atoms with Crippen molar-refractivity contribution >= 4 is 5.78 Å². The minimum Gasteiger partial charge on any atom is -0.461 e. The van der Waals surface area contributed by atoms with E-state index in [1.165, 1.54) is 36.0 Å². The van der Waals surface area contributed by atoms with Gasteiger partial charge in [0, 0.05) is 18.4 Å². The first-order chi connectivity index (χ1) is 13.4. The Labute approximate surface area is 172 Å². The van der Waals surface area contributed by atoms with E-state index in [-0.39, 0.29) is 5.78 Å². The smallest absolute Gasteiger partial charge is 0.162 e. The molecule has 1 aromatic carbocycles. The molecule has 0 aromatic heterocycles. The number of fused-ring (bicyclic) bond motifs is 1. The van der Waals surface area contributed by atoms with Crippen LogP contribution in [0, 0.1) is 0 Å². The number of ether oxygens (including phenoxy) is 1. The highest BCUT2D eigenvalue weighted by Crippen LogP contribution is 2.41. The standard InChI is InChI=1S/C26H40O2/c1-7-10-11-12-13-14-25(27)24-17-22-15-21(18(4)8-2)16-23(19(5)9-3)26(22)28-20(24)6/h15-16,18-19H,7-14,17H2,1-6H3. The largest absolute Gasteiger partial charge is 0.461 e. The van der Waals surface area contributed by atoms with Crippen molar-refractivity contribution in [3.8, 4) is 5.75 Å². The van der Waals surface area contributed by atoms with Gasteiger partial charge in [0.15, 0.2) is 5.78 Å². The van der Waals surface area contributed by atoms with E-state index in [1.54, 1.807) is 0 Å². The summed E-state index contributed by atoms with van der Waals surface area (Å²) < 4.78 is 6.29. The zero-order valence-electron chi connectivity index (χ0n) is 19.0. The molecule has 2 rings (SSSR count). The van der Waals surface area contributed by atoms with E-state index in [0.29, 0.717) is 18.3 Å². The zero-order chi connectivity index (χ0) is 20.7. The van der Waals surface area contributed by atoms with E-state index in [2.05, 4.69) is 46.8 Å². The van der Waals surface area contributed by atoms with Gasteiger partial charge in [0.1, 0.15) is 11.5 Å². The van der Waals surface area contributed by atoms with Crippen LogP contribution in [0.25, 0.3) is 0 Å². The van der Waals surface area contributed by atoms with Crippen LogP contribution < -0.4 is 4.74 Å². The molecule has 2 nitrogen and oxygen atoms in total. The number of hydrogen-bond acceptors (Lipinski definition) is 2. The second-order valence-electron chi connectivity index (χ2n) is 8.62. The summed E-state index contributed by atoms with van der Waals surface area (Å²) in [7, 11) is 0. The Morgan fingerprint density at radius 1 is 1.00 bits per heavy atom. The molecule has 1 aromatic rings. The summed E-state index contributed by atoms with van der Waals surface area (Å²) in [6.45, 7) is 13.2. The maximum Gasteiger partial charge on any atom is 0.162 e. The van der Waals surface area contributed by atoms with E-state index >= 15 is 0 Å².